The molecule has 0 spiro atoms. The van der Waals surface area contributed by atoms with Crippen molar-refractivity contribution in [2.45, 2.75) is 44.2 Å². The van der Waals surface area contributed by atoms with Gasteiger partial charge in [0.2, 0.25) is 0 Å². The Morgan fingerprint density at radius 2 is 1.79 bits per heavy atom. The molecule has 24 heavy (non-hydrogen) atoms. The van der Waals surface area contributed by atoms with Gasteiger partial charge in [-0.1, -0.05) is 24.3 Å². The largest absolute Gasteiger partial charge is 0.329 e. The Labute approximate surface area is 142 Å². The van der Waals surface area contributed by atoms with Gasteiger partial charge in [0, 0.05) is 11.6 Å². The van der Waals surface area contributed by atoms with Gasteiger partial charge in [-0.25, -0.2) is 0 Å². The number of carbonyl (C=O) groups excluding carboxylic acids is 1. The zero-order chi connectivity index (χ0) is 16.5. The third-order valence-electron chi connectivity index (χ3n) is 5.11. The van der Waals surface area contributed by atoms with Crippen molar-refractivity contribution in [3.63, 3.8) is 0 Å². The van der Waals surface area contributed by atoms with Crippen LogP contribution in [0.25, 0.3) is 0 Å². The molecule has 0 aromatic heterocycles. The lowest BCUT2D eigenvalue weighted by atomic mass is 9.86. The molecule has 0 heterocycles. The molecule has 0 bridgehead atoms. The van der Waals surface area contributed by atoms with Gasteiger partial charge in [0.25, 0.3) is 5.91 Å². The lowest BCUT2D eigenvalue weighted by Gasteiger charge is -2.36. The highest BCUT2D eigenvalue weighted by Crippen LogP contribution is 2.41. The van der Waals surface area contributed by atoms with Crippen molar-refractivity contribution in [2.75, 3.05) is 0 Å². The van der Waals surface area contributed by atoms with E-state index in [1.54, 1.807) is 24.3 Å². The van der Waals surface area contributed by atoms with Crippen molar-refractivity contribution < 1.29 is 4.79 Å². The Morgan fingerprint density at radius 3 is 2.50 bits per heavy atom. The molecule has 0 aliphatic heterocycles. The summed E-state index contributed by atoms with van der Waals surface area (Å²) >= 11 is 0. The molecule has 3 nitrogen and oxygen atoms in total. The smallest absolute Gasteiger partial charge is 0.254 e. The van der Waals surface area contributed by atoms with E-state index in [4.69, 9.17) is 5.26 Å². The minimum Gasteiger partial charge on any atom is -0.329 e. The number of carbonyl (C=O) groups is 1. The third kappa shape index (κ3) is 2.69. The maximum atomic E-state index is 13.2. The van der Waals surface area contributed by atoms with Gasteiger partial charge in [0.05, 0.1) is 17.7 Å². The molecule has 1 unspecified atom stereocenters. The van der Waals surface area contributed by atoms with Crippen LogP contribution in [0.5, 0.6) is 0 Å². The van der Waals surface area contributed by atoms with E-state index in [1.807, 2.05) is 0 Å². The minimum atomic E-state index is 0.101. The Morgan fingerprint density at radius 1 is 1.04 bits per heavy atom. The van der Waals surface area contributed by atoms with Crippen molar-refractivity contribution in [2.24, 2.45) is 0 Å². The van der Waals surface area contributed by atoms with Gasteiger partial charge in [-0.05, 0) is 67.5 Å². The summed E-state index contributed by atoms with van der Waals surface area (Å²) in [5.74, 6) is 0.101. The molecule has 0 N–H and O–H groups in total. The van der Waals surface area contributed by atoms with Gasteiger partial charge >= 0.3 is 0 Å². The van der Waals surface area contributed by atoms with Crippen LogP contribution in [-0.2, 0) is 6.42 Å². The van der Waals surface area contributed by atoms with Crippen LogP contribution in [0.3, 0.4) is 0 Å². The molecule has 1 saturated carbocycles. The molecule has 3 heteroatoms. The van der Waals surface area contributed by atoms with E-state index in [9.17, 15) is 4.79 Å². The number of benzene rings is 2. The normalized spacial score (nSPS) is 19.2. The Kier molecular flexibility index (Phi) is 3.82. The summed E-state index contributed by atoms with van der Waals surface area (Å²) in [4.78, 5) is 15.3. The molecule has 2 aromatic carbocycles. The fraction of sp³-hybridized carbons (Fsp3) is 0.333. The first-order chi connectivity index (χ1) is 11.8. The van der Waals surface area contributed by atoms with Crippen LogP contribution in [0.4, 0.5) is 0 Å². The summed E-state index contributed by atoms with van der Waals surface area (Å²) in [6, 6.07) is 18.2. The second kappa shape index (κ2) is 6.13. The van der Waals surface area contributed by atoms with Crippen LogP contribution < -0.4 is 0 Å². The maximum Gasteiger partial charge on any atom is 0.254 e. The zero-order valence-corrected chi connectivity index (χ0v) is 13.6. The van der Waals surface area contributed by atoms with Crippen molar-refractivity contribution in [3.8, 4) is 6.07 Å². The minimum absolute atomic E-state index is 0.101. The van der Waals surface area contributed by atoms with Crippen LogP contribution in [0.2, 0.25) is 0 Å². The monoisotopic (exact) mass is 316 g/mol. The van der Waals surface area contributed by atoms with Gasteiger partial charge in [-0.2, -0.15) is 5.26 Å². The van der Waals surface area contributed by atoms with E-state index in [-0.39, 0.29) is 11.9 Å². The molecule has 2 aromatic rings. The Bertz CT molecular complexity index is 799. The van der Waals surface area contributed by atoms with Gasteiger partial charge in [-0.15, -0.1) is 0 Å². The number of hydrogen-bond donors (Lipinski definition) is 0. The van der Waals surface area contributed by atoms with E-state index in [2.05, 4.69) is 35.2 Å². The van der Waals surface area contributed by atoms with Gasteiger partial charge in [0.1, 0.15) is 0 Å². The SMILES string of the molecule is N#Cc1ccc(C(=O)N(C2CC2)C2CCCc3ccccc32)cc1. The third-order valence-corrected chi connectivity index (χ3v) is 5.11. The number of nitriles is 1. The molecular weight excluding hydrogens is 296 g/mol. The highest BCUT2D eigenvalue weighted by atomic mass is 16.2. The Balaban J connectivity index is 1.68. The van der Waals surface area contributed by atoms with E-state index in [1.165, 1.54) is 11.1 Å². The summed E-state index contributed by atoms with van der Waals surface area (Å²) in [6.45, 7) is 0. The van der Waals surface area contributed by atoms with Gasteiger partial charge in [-0.3, -0.25) is 4.79 Å². The summed E-state index contributed by atoms with van der Waals surface area (Å²) in [5.41, 5.74) is 3.97. The van der Waals surface area contributed by atoms with Crippen molar-refractivity contribution in [1.29, 1.82) is 5.26 Å². The van der Waals surface area contributed by atoms with E-state index < -0.39 is 0 Å². The first-order valence-electron chi connectivity index (χ1n) is 8.68. The summed E-state index contributed by atoms with van der Waals surface area (Å²) in [7, 11) is 0. The molecular formula is C21H20N2O. The quantitative estimate of drug-likeness (QED) is 0.850. The number of aryl methyl sites for hydroxylation is 1. The lowest BCUT2D eigenvalue weighted by molar-refractivity contribution is 0.0638. The zero-order valence-electron chi connectivity index (χ0n) is 13.6. The second-order valence-corrected chi connectivity index (χ2v) is 6.74. The fourth-order valence-corrected chi connectivity index (χ4v) is 3.77. The molecule has 2 aliphatic carbocycles. The molecule has 1 amide bonds. The van der Waals surface area contributed by atoms with Crippen LogP contribution in [-0.4, -0.2) is 16.8 Å². The summed E-state index contributed by atoms with van der Waals surface area (Å²) in [6.07, 6.45) is 5.47. The average Bonchev–Trinajstić information content (AvgIpc) is 3.47. The first-order valence-corrected chi connectivity index (χ1v) is 8.68. The Hall–Kier alpha value is -2.60. The van der Waals surface area contributed by atoms with Crippen LogP contribution in [0, 0.1) is 11.3 Å². The van der Waals surface area contributed by atoms with Gasteiger partial charge < -0.3 is 4.90 Å². The van der Waals surface area contributed by atoms with Crippen molar-refractivity contribution in [1.82, 2.24) is 4.90 Å². The summed E-state index contributed by atoms with van der Waals surface area (Å²) < 4.78 is 0. The van der Waals surface area contributed by atoms with E-state index in [0.29, 0.717) is 17.2 Å². The van der Waals surface area contributed by atoms with Gasteiger partial charge in [0.15, 0.2) is 0 Å². The number of fused-ring (bicyclic) bond motifs is 1. The van der Waals surface area contributed by atoms with Crippen LogP contribution in [0.1, 0.15) is 58.8 Å². The number of nitrogens with zero attached hydrogens (tertiary/aromatic N) is 2. The summed E-state index contributed by atoms with van der Waals surface area (Å²) in [5, 5.41) is 8.94. The molecule has 0 saturated heterocycles. The molecule has 4 rings (SSSR count). The number of amides is 1. The standard InChI is InChI=1S/C21H20N2O/c22-14-15-8-10-17(11-9-15)21(24)23(18-12-13-18)20-7-3-5-16-4-1-2-6-19(16)20/h1-2,4,6,8-11,18,20H,3,5,7,12-13H2. The molecule has 2 aliphatic rings. The maximum absolute atomic E-state index is 13.2. The molecule has 1 atom stereocenters. The predicted molar refractivity (Wildman–Crippen MR) is 92.5 cm³/mol. The van der Waals surface area contributed by atoms with Crippen LogP contribution >= 0.6 is 0 Å². The number of hydrogen-bond acceptors (Lipinski definition) is 2. The van der Waals surface area contributed by atoms with Crippen molar-refractivity contribution >= 4 is 5.91 Å². The predicted octanol–water partition coefficient (Wildman–Crippen LogP) is 4.24. The van der Waals surface area contributed by atoms with Crippen molar-refractivity contribution in [3.05, 3.63) is 70.8 Å². The number of rotatable bonds is 3. The van der Waals surface area contributed by atoms with Crippen LogP contribution in [0.15, 0.2) is 48.5 Å². The molecule has 1 fully saturated rings. The van der Waals surface area contributed by atoms with E-state index >= 15 is 0 Å². The molecule has 120 valence electrons. The fourth-order valence-electron chi connectivity index (χ4n) is 3.77. The highest BCUT2D eigenvalue weighted by molar-refractivity contribution is 5.95. The van der Waals surface area contributed by atoms with E-state index in [0.717, 1.165) is 32.1 Å². The lowest BCUT2D eigenvalue weighted by Crippen LogP contribution is -2.38. The highest BCUT2D eigenvalue weighted by Gasteiger charge is 2.39. The first kappa shape index (κ1) is 15.0. The average molecular weight is 316 g/mol. The molecule has 0 radical (unpaired) electrons. The topological polar surface area (TPSA) is 44.1 Å². The second-order valence-electron chi connectivity index (χ2n) is 6.74.